The molecule has 3 aliphatic rings. The van der Waals surface area contributed by atoms with Crippen LogP contribution in [0.1, 0.15) is 34.7 Å². The van der Waals surface area contributed by atoms with Gasteiger partial charge in [0.25, 0.3) is 5.91 Å². The molecule has 0 unspecified atom stereocenters. The molecule has 3 fully saturated rings. The number of carbonyl (C=O) groups is 2. The van der Waals surface area contributed by atoms with E-state index in [0.29, 0.717) is 50.8 Å². The fraction of sp³-hybridized carbons (Fsp3) is 0.500. The van der Waals surface area contributed by atoms with E-state index in [9.17, 15) is 9.59 Å². The molecule has 2 aromatic rings. The largest absolute Gasteiger partial charge is 0.381 e. The molecule has 0 saturated carbocycles. The number of benzene rings is 1. The van der Waals surface area contributed by atoms with E-state index in [2.05, 4.69) is 22.2 Å². The van der Waals surface area contributed by atoms with Crippen LogP contribution in [-0.4, -0.2) is 76.2 Å². The van der Waals surface area contributed by atoms with Crippen LogP contribution in [0.15, 0.2) is 40.9 Å². The lowest BCUT2D eigenvalue weighted by Crippen LogP contribution is -2.62. The maximum Gasteiger partial charge on any atom is 0.276 e. The third-order valence-electron chi connectivity index (χ3n) is 6.58. The Labute approximate surface area is 175 Å². The summed E-state index contributed by atoms with van der Waals surface area (Å²) in [5.74, 6) is 0.514. The number of carbonyl (C=O) groups excluding carboxylic acids is 2. The Bertz CT molecular complexity index is 938. The summed E-state index contributed by atoms with van der Waals surface area (Å²) < 4.78 is 10.7. The molecule has 0 bridgehead atoms. The van der Waals surface area contributed by atoms with Gasteiger partial charge in [0, 0.05) is 45.1 Å². The van der Waals surface area contributed by atoms with Crippen molar-refractivity contribution in [1.29, 1.82) is 0 Å². The first kappa shape index (κ1) is 19.3. The van der Waals surface area contributed by atoms with Gasteiger partial charge in [-0.15, -0.1) is 0 Å². The second-order valence-corrected chi connectivity index (χ2v) is 8.29. The normalized spacial score (nSPS) is 23.8. The Morgan fingerprint density at radius 3 is 2.67 bits per heavy atom. The number of rotatable bonds is 3. The van der Waals surface area contributed by atoms with Gasteiger partial charge in [0.1, 0.15) is 17.5 Å². The van der Waals surface area contributed by atoms with Gasteiger partial charge in [0.15, 0.2) is 5.69 Å². The summed E-state index contributed by atoms with van der Waals surface area (Å²) in [6.07, 6.45) is 1.58. The van der Waals surface area contributed by atoms with Crippen LogP contribution in [0.4, 0.5) is 0 Å². The molecule has 3 saturated heterocycles. The van der Waals surface area contributed by atoms with Gasteiger partial charge < -0.3 is 19.1 Å². The molecular weight excluding hydrogens is 384 g/mol. The van der Waals surface area contributed by atoms with Crippen molar-refractivity contribution in [2.75, 3.05) is 32.8 Å². The van der Waals surface area contributed by atoms with Gasteiger partial charge in [0.05, 0.1) is 13.2 Å². The lowest BCUT2D eigenvalue weighted by Gasteiger charge is -2.48. The van der Waals surface area contributed by atoms with Crippen molar-refractivity contribution in [3.8, 4) is 0 Å². The fourth-order valence-corrected chi connectivity index (χ4v) is 5.09. The van der Waals surface area contributed by atoms with E-state index in [1.54, 1.807) is 17.9 Å². The zero-order valence-electron chi connectivity index (χ0n) is 17.1. The Morgan fingerprint density at radius 1 is 1.20 bits per heavy atom. The zero-order valence-corrected chi connectivity index (χ0v) is 17.1. The number of nitrogens with zero attached hydrogens (tertiary/aromatic N) is 4. The Kier molecular flexibility index (Phi) is 4.83. The second-order valence-electron chi connectivity index (χ2n) is 8.29. The number of hydrogen-bond acceptors (Lipinski definition) is 6. The molecular formula is C22H26N4O4. The highest BCUT2D eigenvalue weighted by Crippen LogP contribution is 2.42. The van der Waals surface area contributed by atoms with Crippen LogP contribution in [0.5, 0.6) is 0 Å². The van der Waals surface area contributed by atoms with E-state index >= 15 is 0 Å². The average molecular weight is 410 g/mol. The summed E-state index contributed by atoms with van der Waals surface area (Å²) in [6.45, 7) is 5.21. The van der Waals surface area contributed by atoms with Gasteiger partial charge >= 0.3 is 0 Å². The minimum Gasteiger partial charge on any atom is -0.381 e. The van der Waals surface area contributed by atoms with Crippen molar-refractivity contribution in [3.05, 3.63) is 53.4 Å². The van der Waals surface area contributed by atoms with Gasteiger partial charge in [-0.1, -0.05) is 35.5 Å². The predicted molar refractivity (Wildman–Crippen MR) is 107 cm³/mol. The van der Waals surface area contributed by atoms with Crippen molar-refractivity contribution >= 4 is 11.8 Å². The molecule has 1 atom stereocenters. The number of hydrogen-bond donors (Lipinski definition) is 0. The molecule has 0 N–H and O–H groups in total. The van der Waals surface area contributed by atoms with Gasteiger partial charge in [-0.25, -0.2) is 0 Å². The summed E-state index contributed by atoms with van der Waals surface area (Å²) >= 11 is 0. The van der Waals surface area contributed by atoms with Crippen LogP contribution < -0.4 is 0 Å². The Hall–Kier alpha value is -2.71. The highest BCUT2D eigenvalue weighted by Gasteiger charge is 2.58. The van der Waals surface area contributed by atoms with E-state index in [-0.39, 0.29) is 23.5 Å². The second kappa shape index (κ2) is 7.52. The number of aromatic nitrogens is 1. The molecule has 158 valence electrons. The first-order chi connectivity index (χ1) is 14.6. The van der Waals surface area contributed by atoms with Crippen LogP contribution in [-0.2, 0) is 16.1 Å². The number of amides is 2. The first-order valence-corrected chi connectivity index (χ1v) is 10.5. The third kappa shape index (κ3) is 3.11. The molecule has 3 aliphatic heterocycles. The Morgan fingerprint density at radius 2 is 1.97 bits per heavy atom. The van der Waals surface area contributed by atoms with Gasteiger partial charge in [-0.3, -0.25) is 14.5 Å². The number of piperazine rings is 1. The van der Waals surface area contributed by atoms with Crippen LogP contribution in [0.3, 0.4) is 0 Å². The summed E-state index contributed by atoms with van der Waals surface area (Å²) in [7, 11) is 0. The minimum atomic E-state index is -0.338. The van der Waals surface area contributed by atoms with E-state index < -0.39 is 0 Å². The summed E-state index contributed by atoms with van der Waals surface area (Å²) in [5, 5.41) is 3.86. The molecule has 5 rings (SSSR count). The van der Waals surface area contributed by atoms with Crippen molar-refractivity contribution < 1.29 is 18.8 Å². The van der Waals surface area contributed by atoms with Gasteiger partial charge in [-0.05, 0) is 12.5 Å². The molecule has 2 amide bonds. The highest BCUT2D eigenvalue weighted by atomic mass is 16.5. The van der Waals surface area contributed by atoms with E-state index in [1.165, 1.54) is 0 Å². The first-order valence-electron chi connectivity index (χ1n) is 10.5. The molecule has 1 spiro atoms. The minimum absolute atomic E-state index is 0.0922. The van der Waals surface area contributed by atoms with Crippen LogP contribution in [0.2, 0.25) is 0 Å². The van der Waals surface area contributed by atoms with Crippen molar-refractivity contribution in [3.63, 3.8) is 0 Å². The average Bonchev–Trinajstić information content (AvgIpc) is 3.31. The van der Waals surface area contributed by atoms with Crippen molar-refractivity contribution in [2.24, 2.45) is 0 Å². The Balaban J connectivity index is 1.42. The molecule has 8 nitrogen and oxygen atoms in total. The lowest BCUT2D eigenvalue weighted by molar-refractivity contribution is -0.137. The standard InChI is InChI=1S/C22H26N4O4/c1-16-13-18(23-30-16)20(27)24-9-10-25-19(15-24)21(28)26(14-17-5-3-2-4-6-17)22(25)7-11-29-12-8-22/h2-6,13,19H,7-12,14-15H2,1H3/t19-/m1/s1. The molecule has 4 heterocycles. The fourth-order valence-electron chi connectivity index (χ4n) is 5.09. The maximum atomic E-state index is 13.6. The summed E-state index contributed by atoms with van der Waals surface area (Å²) in [6, 6.07) is 11.4. The van der Waals surface area contributed by atoms with Crippen LogP contribution in [0, 0.1) is 6.92 Å². The van der Waals surface area contributed by atoms with Gasteiger partial charge in [0.2, 0.25) is 5.91 Å². The smallest absolute Gasteiger partial charge is 0.276 e. The van der Waals surface area contributed by atoms with E-state index in [1.807, 2.05) is 23.1 Å². The zero-order chi connectivity index (χ0) is 20.7. The number of ether oxygens (including phenoxy) is 1. The molecule has 0 aliphatic carbocycles. The number of aryl methyl sites for hydroxylation is 1. The summed E-state index contributed by atoms with van der Waals surface area (Å²) in [4.78, 5) is 32.6. The molecule has 1 aromatic heterocycles. The monoisotopic (exact) mass is 410 g/mol. The summed E-state index contributed by atoms with van der Waals surface area (Å²) in [5.41, 5.74) is 1.08. The molecule has 1 aromatic carbocycles. The third-order valence-corrected chi connectivity index (χ3v) is 6.58. The van der Waals surface area contributed by atoms with E-state index in [0.717, 1.165) is 18.4 Å². The SMILES string of the molecule is Cc1cc(C(=O)N2CCN3[C@H](C2)C(=O)N(Cc2ccccc2)C32CCOCC2)no1. The van der Waals surface area contributed by atoms with Crippen molar-refractivity contribution in [2.45, 2.75) is 38.0 Å². The van der Waals surface area contributed by atoms with Crippen LogP contribution in [0.25, 0.3) is 0 Å². The van der Waals surface area contributed by atoms with Crippen molar-refractivity contribution in [1.82, 2.24) is 19.9 Å². The predicted octanol–water partition coefficient (Wildman–Crippen LogP) is 1.66. The maximum absolute atomic E-state index is 13.6. The highest BCUT2D eigenvalue weighted by molar-refractivity contribution is 5.93. The molecule has 8 heteroatoms. The molecule has 30 heavy (non-hydrogen) atoms. The molecule has 0 radical (unpaired) electrons. The van der Waals surface area contributed by atoms with E-state index in [4.69, 9.17) is 9.26 Å². The quantitative estimate of drug-likeness (QED) is 0.766. The van der Waals surface area contributed by atoms with Gasteiger partial charge in [-0.2, -0.15) is 0 Å². The lowest BCUT2D eigenvalue weighted by atomic mass is 9.96. The number of fused-ring (bicyclic) bond motifs is 2. The van der Waals surface area contributed by atoms with Crippen LogP contribution >= 0.6 is 0 Å². The topological polar surface area (TPSA) is 79.1 Å².